The van der Waals surface area contributed by atoms with Crippen LogP contribution in [-0.4, -0.2) is 43.4 Å². The Morgan fingerprint density at radius 3 is 2.58 bits per heavy atom. The summed E-state index contributed by atoms with van der Waals surface area (Å²) in [5.74, 6) is -0.199. The lowest BCUT2D eigenvalue weighted by atomic mass is 9.84. The first-order valence-corrected chi connectivity index (χ1v) is 12.1. The maximum Gasteiger partial charge on any atom is 0.313 e. The largest absolute Gasteiger partial charge is 0.497 e. The van der Waals surface area contributed by atoms with Crippen molar-refractivity contribution in [1.29, 1.82) is 0 Å². The SMILES string of the molecule is COc1ccc2c(c1)O[C@H](COc1cc(C)c(C(=O)Nc3cc(C(C)(C)C(=O)O)ccc3F)c(Cl)c1)CO2. The number of fused-ring (bicyclic) bond motifs is 1. The number of anilines is 1. The first kappa shape index (κ1) is 27.1. The molecule has 0 fully saturated rings. The molecule has 3 aromatic carbocycles. The van der Waals surface area contributed by atoms with Gasteiger partial charge in [-0.3, -0.25) is 9.59 Å². The molecule has 0 aromatic heterocycles. The highest BCUT2D eigenvalue weighted by atomic mass is 35.5. The molecule has 2 N–H and O–H groups in total. The Balaban J connectivity index is 1.45. The van der Waals surface area contributed by atoms with Crippen LogP contribution >= 0.6 is 11.6 Å². The van der Waals surface area contributed by atoms with Gasteiger partial charge in [0.25, 0.3) is 5.91 Å². The fourth-order valence-corrected chi connectivity index (χ4v) is 4.24. The van der Waals surface area contributed by atoms with Gasteiger partial charge in [-0.1, -0.05) is 17.7 Å². The number of hydrogen-bond donors (Lipinski definition) is 2. The Kier molecular flexibility index (Phi) is 7.68. The molecule has 10 heteroatoms. The summed E-state index contributed by atoms with van der Waals surface area (Å²) in [7, 11) is 1.57. The number of hydrogen-bond acceptors (Lipinski definition) is 6. The quantitative estimate of drug-likeness (QED) is 0.379. The summed E-state index contributed by atoms with van der Waals surface area (Å²) in [6.45, 7) is 5.11. The van der Waals surface area contributed by atoms with Gasteiger partial charge in [0, 0.05) is 6.07 Å². The lowest BCUT2D eigenvalue weighted by Crippen LogP contribution is -2.34. The van der Waals surface area contributed by atoms with E-state index in [0.717, 1.165) is 6.07 Å². The van der Waals surface area contributed by atoms with E-state index < -0.39 is 23.1 Å². The summed E-state index contributed by atoms with van der Waals surface area (Å²) in [4.78, 5) is 24.6. The van der Waals surface area contributed by atoms with Gasteiger partial charge in [0.05, 0.1) is 28.8 Å². The first-order valence-electron chi connectivity index (χ1n) is 11.7. The van der Waals surface area contributed by atoms with Crippen molar-refractivity contribution in [2.45, 2.75) is 32.3 Å². The lowest BCUT2D eigenvalue weighted by Gasteiger charge is -2.27. The van der Waals surface area contributed by atoms with Crippen molar-refractivity contribution in [3.05, 3.63) is 76.1 Å². The molecule has 0 radical (unpaired) electrons. The number of rotatable bonds is 8. The van der Waals surface area contributed by atoms with E-state index in [1.165, 1.54) is 32.0 Å². The molecule has 4 rings (SSSR count). The average Bonchev–Trinajstić information content (AvgIpc) is 2.87. The van der Waals surface area contributed by atoms with E-state index in [0.29, 0.717) is 34.1 Å². The molecule has 0 spiro atoms. The number of nitrogens with one attached hydrogen (secondary N) is 1. The third-order valence-corrected chi connectivity index (χ3v) is 6.56. The van der Waals surface area contributed by atoms with Crippen molar-refractivity contribution >= 4 is 29.2 Å². The second-order valence-electron chi connectivity index (χ2n) is 9.35. The van der Waals surface area contributed by atoms with E-state index in [-0.39, 0.29) is 35.6 Å². The van der Waals surface area contributed by atoms with E-state index in [9.17, 15) is 19.1 Å². The minimum absolute atomic E-state index is 0.107. The topological polar surface area (TPSA) is 103 Å². The summed E-state index contributed by atoms with van der Waals surface area (Å²) >= 11 is 6.42. The molecule has 0 saturated carbocycles. The molecule has 1 aliphatic rings. The Bertz CT molecular complexity index is 1370. The van der Waals surface area contributed by atoms with Gasteiger partial charge in [0.1, 0.15) is 30.5 Å². The van der Waals surface area contributed by atoms with E-state index in [4.69, 9.17) is 30.5 Å². The number of carbonyl (C=O) groups excluding carboxylic acids is 1. The Hall–Kier alpha value is -3.98. The zero-order valence-electron chi connectivity index (χ0n) is 21.3. The van der Waals surface area contributed by atoms with Crippen molar-refractivity contribution in [3.8, 4) is 23.0 Å². The van der Waals surface area contributed by atoms with Gasteiger partial charge in [-0.05, 0) is 68.3 Å². The Labute approximate surface area is 224 Å². The molecular weight excluding hydrogens is 517 g/mol. The highest BCUT2D eigenvalue weighted by Gasteiger charge is 2.30. The predicted molar refractivity (Wildman–Crippen MR) is 140 cm³/mol. The molecular formula is C28H27ClFNO7. The molecule has 0 aliphatic carbocycles. The van der Waals surface area contributed by atoms with Gasteiger partial charge in [0.15, 0.2) is 17.6 Å². The number of aryl methyl sites for hydroxylation is 1. The summed E-state index contributed by atoms with van der Waals surface area (Å²) in [5.41, 5.74) is -0.448. The van der Waals surface area contributed by atoms with Gasteiger partial charge in [-0.15, -0.1) is 0 Å². The monoisotopic (exact) mass is 543 g/mol. The van der Waals surface area contributed by atoms with Crippen LogP contribution in [-0.2, 0) is 10.2 Å². The number of carboxylic acid groups (broad SMARTS) is 1. The van der Waals surface area contributed by atoms with Crippen LogP contribution in [0.25, 0.3) is 0 Å². The number of benzene rings is 3. The van der Waals surface area contributed by atoms with E-state index in [2.05, 4.69) is 5.32 Å². The van der Waals surface area contributed by atoms with Gasteiger partial charge >= 0.3 is 5.97 Å². The highest BCUT2D eigenvalue weighted by molar-refractivity contribution is 6.34. The molecule has 0 unspecified atom stereocenters. The zero-order valence-corrected chi connectivity index (χ0v) is 22.0. The summed E-state index contributed by atoms with van der Waals surface area (Å²) in [5, 5.41) is 12.1. The first-order chi connectivity index (χ1) is 18.0. The van der Waals surface area contributed by atoms with Crippen molar-refractivity contribution in [3.63, 3.8) is 0 Å². The maximum atomic E-state index is 14.5. The van der Waals surface area contributed by atoms with Crippen LogP contribution in [0.5, 0.6) is 23.0 Å². The number of methoxy groups -OCH3 is 1. The van der Waals surface area contributed by atoms with Crippen molar-refractivity contribution in [2.75, 3.05) is 25.6 Å². The van der Waals surface area contributed by atoms with E-state index >= 15 is 0 Å². The third-order valence-electron chi connectivity index (χ3n) is 6.26. The van der Waals surface area contributed by atoms with Crippen LogP contribution in [0, 0.1) is 12.7 Å². The van der Waals surface area contributed by atoms with Gasteiger partial charge < -0.3 is 29.4 Å². The normalized spacial score (nSPS) is 14.5. The number of aliphatic carboxylic acids is 1. The maximum absolute atomic E-state index is 14.5. The van der Waals surface area contributed by atoms with E-state index in [1.807, 2.05) is 0 Å². The van der Waals surface area contributed by atoms with Crippen molar-refractivity contribution in [2.24, 2.45) is 0 Å². The molecule has 1 amide bonds. The lowest BCUT2D eigenvalue weighted by molar-refractivity contribution is -0.142. The van der Waals surface area contributed by atoms with Crippen molar-refractivity contribution in [1.82, 2.24) is 0 Å². The van der Waals surface area contributed by atoms with Crippen LogP contribution in [0.3, 0.4) is 0 Å². The number of ether oxygens (including phenoxy) is 4. The van der Waals surface area contributed by atoms with Crippen LogP contribution in [0.2, 0.25) is 5.02 Å². The second kappa shape index (κ2) is 10.8. The van der Waals surface area contributed by atoms with Crippen molar-refractivity contribution < 1.29 is 38.0 Å². The van der Waals surface area contributed by atoms with E-state index in [1.54, 1.807) is 38.3 Å². The van der Waals surface area contributed by atoms with Crippen LogP contribution < -0.4 is 24.3 Å². The Morgan fingerprint density at radius 1 is 1.13 bits per heavy atom. The molecule has 1 heterocycles. The molecule has 3 aromatic rings. The second-order valence-corrected chi connectivity index (χ2v) is 9.76. The smallest absolute Gasteiger partial charge is 0.313 e. The molecule has 0 saturated heterocycles. The Morgan fingerprint density at radius 2 is 1.89 bits per heavy atom. The molecule has 200 valence electrons. The van der Waals surface area contributed by atoms with Crippen LogP contribution in [0.15, 0.2) is 48.5 Å². The third kappa shape index (κ3) is 5.62. The molecule has 1 aliphatic heterocycles. The fraction of sp³-hybridized carbons (Fsp3) is 0.286. The molecule has 38 heavy (non-hydrogen) atoms. The molecule has 0 bridgehead atoms. The van der Waals surface area contributed by atoms with Gasteiger partial charge in [0.2, 0.25) is 0 Å². The molecule has 8 nitrogen and oxygen atoms in total. The summed E-state index contributed by atoms with van der Waals surface area (Å²) in [6.07, 6.45) is -0.387. The number of carbonyl (C=O) groups is 2. The minimum Gasteiger partial charge on any atom is -0.497 e. The number of amides is 1. The number of halogens is 2. The average molecular weight is 544 g/mol. The standard InChI is InChI=1S/C28H27ClFNO7/c1-15-9-18(36-13-19-14-37-23-8-6-17(35-4)12-24(23)38-19)11-20(29)25(15)26(32)31-22-10-16(5-7-21(22)30)28(2,3)27(33)34/h5-12,19H,13-14H2,1-4H3,(H,31,32)(H,33,34)/t19-/m1/s1. The molecule has 1 atom stereocenters. The zero-order chi connectivity index (χ0) is 27.6. The predicted octanol–water partition coefficient (Wildman–Crippen LogP) is 5.63. The highest BCUT2D eigenvalue weighted by Crippen LogP contribution is 2.35. The minimum atomic E-state index is -1.28. The van der Waals surface area contributed by atoms with Gasteiger partial charge in [-0.2, -0.15) is 0 Å². The van der Waals surface area contributed by atoms with Crippen LogP contribution in [0.4, 0.5) is 10.1 Å². The summed E-state index contributed by atoms with van der Waals surface area (Å²) in [6, 6.07) is 12.2. The van der Waals surface area contributed by atoms with Crippen LogP contribution in [0.1, 0.15) is 35.3 Å². The van der Waals surface area contributed by atoms with Gasteiger partial charge in [-0.25, -0.2) is 4.39 Å². The summed E-state index contributed by atoms with van der Waals surface area (Å²) < 4.78 is 37.2. The number of carboxylic acids is 1. The fourth-order valence-electron chi connectivity index (χ4n) is 3.90.